The highest BCUT2D eigenvalue weighted by Gasteiger charge is 2.13. The Morgan fingerprint density at radius 1 is 1.18 bits per heavy atom. The SMILES string of the molecule is CN(C)/N=C(\c1cccn1Cc1csc(-c2ccc(Cl)cc2)n1)n1ccnc1. The van der Waals surface area contributed by atoms with Crippen molar-refractivity contribution in [1.82, 2.24) is 24.1 Å². The smallest absolute Gasteiger partial charge is 0.181 e. The molecule has 0 radical (unpaired) electrons. The molecule has 0 N–H and O–H groups in total. The van der Waals surface area contributed by atoms with E-state index in [0.29, 0.717) is 6.54 Å². The van der Waals surface area contributed by atoms with Crippen LogP contribution in [-0.2, 0) is 6.54 Å². The number of nitrogens with zero attached hydrogens (tertiary/aromatic N) is 6. The van der Waals surface area contributed by atoms with Gasteiger partial charge in [-0.3, -0.25) is 4.57 Å². The fourth-order valence-corrected chi connectivity index (χ4v) is 3.79. The highest BCUT2D eigenvalue weighted by molar-refractivity contribution is 7.13. The van der Waals surface area contributed by atoms with Gasteiger partial charge < -0.3 is 9.58 Å². The molecule has 142 valence electrons. The fourth-order valence-electron chi connectivity index (χ4n) is 2.84. The number of aromatic nitrogens is 4. The number of imidazole rings is 1. The first-order valence-electron chi connectivity index (χ1n) is 8.70. The third-order valence-corrected chi connectivity index (χ3v) is 5.27. The molecule has 0 unspecified atom stereocenters. The van der Waals surface area contributed by atoms with Crippen molar-refractivity contribution < 1.29 is 0 Å². The monoisotopic (exact) mass is 410 g/mol. The average molecular weight is 411 g/mol. The summed E-state index contributed by atoms with van der Waals surface area (Å²) in [5.41, 5.74) is 3.07. The van der Waals surface area contributed by atoms with E-state index in [1.165, 1.54) is 0 Å². The van der Waals surface area contributed by atoms with E-state index in [0.717, 1.165) is 32.8 Å². The molecule has 0 aliphatic rings. The minimum atomic E-state index is 0.660. The second kappa shape index (κ2) is 8.00. The number of thiazole rings is 1. The molecule has 6 nitrogen and oxygen atoms in total. The first kappa shape index (κ1) is 18.5. The maximum absolute atomic E-state index is 5.98. The summed E-state index contributed by atoms with van der Waals surface area (Å²) in [6.07, 6.45) is 7.43. The van der Waals surface area contributed by atoms with Gasteiger partial charge in [0.2, 0.25) is 0 Å². The van der Waals surface area contributed by atoms with Crippen LogP contribution < -0.4 is 0 Å². The standard InChI is InChI=1S/C20H19ClN6S/c1-25(2)24-19(27-11-9-22-14-27)18-4-3-10-26(18)12-17-13-28-20(23-17)15-5-7-16(21)8-6-15/h3-11,13-14H,12H2,1-2H3/b24-19+. The Kier molecular flexibility index (Phi) is 5.27. The van der Waals surface area contributed by atoms with Crippen LogP contribution in [0, 0.1) is 0 Å². The molecule has 1 aromatic carbocycles. The van der Waals surface area contributed by atoms with Gasteiger partial charge in [-0.25, -0.2) is 9.97 Å². The third kappa shape index (κ3) is 4.00. The average Bonchev–Trinajstić information content (AvgIpc) is 3.43. The van der Waals surface area contributed by atoms with Crippen molar-refractivity contribution in [1.29, 1.82) is 0 Å². The summed E-state index contributed by atoms with van der Waals surface area (Å²) < 4.78 is 4.05. The molecular formula is C20H19ClN6S. The van der Waals surface area contributed by atoms with Crippen LogP contribution in [0.1, 0.15) is 11.4 Å². The van der Waals surface area contributed by atoms with Crippen molar-refractivity contribution in [3.8, 4) is 10.6 Å². The zero-order valence-corrected chi connectivity index (χ0v) is 17.1. The Labute approximate surface area is 172 Å². The van der Waals surface area contributed by atoms with Crippen LogP contribution in [0.15, 0.2) is 71.8 Å². The van der Waals surface area contributed by atoms with E-state index >= 15 is 0 Å². The predicted octanol–water partition coefficient (Wildman–Crippen LogP) is 4.28. The molecule has 0 amide bonds. The number of hydrogen-bond donors (Lipinski definition) is 0. The summed E-state index contributed by atoms with van der Waals surface area (Å²) in [6, 6.07) is 11.8. The molecule has 3 aromatic heterocycles. The van der Waals surface area contributed by atoms with Gasteiger partial charge in [-0.1, -0.05) is 23.7 Å². The number of rotatable bonds is 5. The third-order valence-electron chi connectivity index (χ3n) is 4.08. The van der Waals surface area contributed by atoms with Crippen molar-refractivity contribution in [2.45, 2.75) is 6.54 Å². The summed E-state index contributed by atoms with van der Waals surface area (Å²) in [5.74, 6) is 0.806. The molecule has 0 saturated carbocycles. The van der Waals surface area contributed by atoms with E-state index in [1.54, 1.807) is 28.9 Å². The summed E-state index contributed by atoms with van der Waals surface area (Å²) in [6.45, 7) is 0.660. The van der Waals surface area contributed by atoms with Gasteiger partial charge in [0.05, 0.1) is 17.9 Å². The fraction of sp³-hybridized carbons (Fsp3) is 0.150. The second-order valence-corrected chi connectivity index (χ2v) is 7.71. The lowest BCUT2D eigenvalue weighted by Gasteiger charge is -2.14. The van der Waals surface area contributed by atoms with Gasteiger partial charge in [-0.15, -0.1) is 11.3 Å². The van der Waals surface area contributed by atoms with Crippen LogP contribution in [0.5, 0.6) is 0 Å². The maximum atomic E-state index is 5.98. The summed E-state index contributed by atoms with van der Waals surface area (Å²) in [4.78, 5) is 8.95. The van der Waals surface area contributed by atoms with Crippen molar-refractivity contribution in [2.24, 2.45) is 5.10 Å². The van der Waals surface area contributed by atoms with Crippen molar-refractivity contribution in [2.75, 3.05) is 14.1 Å². The van der Waals surface area contributed by atoms with Gasteiger partial charge in [0.15, 0.2) is 5.84 Å². The largest absolute Gasteiger partial charge is 0.339 e. The number of hydrogen-bond acceptors (Lipinski definition) is 5. The van der Waals surface area contributed by atoms with E-state index in [9.17, 15) is 0 Å². The van der Waals surface area contributed by atoms with Crippen LogP contribution in [0.3, 0.4) is 0 Å². The van der Waals surface area contributed by atoms with Crippen molar-refractivity contribution >= 4 is 28.8 Å². The van der Waals surface area contributed by atoms with Gasteiger partial charge in [-0.2, -0.15) is 5.10 Å². The Bertz CT molecular complexity index is 1080. The van der Waals surface area contributed by atoms with Crippen LogP contribution in [-0.4, -0.2) is 44.0 Å². The van der Waals surface area contributed by atoms with Gasteiger partial charge in [0, 0.05) is 48.7 Å². The topological polar surface area (TPSA) is 51.2 Å². The summed E-state index contributed by atoms with van der Waals surface area (Å²) in [7, 11) is 3.81. The minimum Gasteiger partial charge on any atom is -0.339 e. The first-order chi connectivity index (χ1) is 13.6. The lowest BCUT2D eigenvalue weighted by Crippen LogP contribution is -2.20. The molecule has 0 aliphatic carbocycles. The normalized spacial score (nSPS) is 11.8. The molecular weight excluding hydrogens is 392 g/mol. The Balaban J connectivity index is 1.62. The van der Waals surface area contributed by atoms with Gasteiger partial charge in [0.25, 0.3) is 0 Å². The van der Waals surface area contributed by atoms with E-state index in [2.05, 4.69) is 26.1 Å². The molecule has 0 atom stereocenters. The van der Waals surface area contributed by atoms with Crippen LogP contribution in [0.2, 0.25) is 5.02 Å². The molecule has 0 saturated heterocycles. The van der Waals surface area contributed by atoms with Crippen molar-refractivity contribution in [3.05, 3.63) is 83.1 Å². The Morgan fingerprint density at radius 3 is 2.71 bits per heavy atom. The summed E-state index contributed by atoms with van der Waals surface area (Å²) in [5, 5.41) is 10.2. The quantitative estimate of drug-likeness (QED) is 0.280. The molecule has 0 fully saturated rings. The van der Waals surface area contributed by atoms with Crippen LogP contribution >= 0.6 is 22.9 Å². The highest BCUT2D eigenvalue weighted by atomic mass is 35.5. The van der Waals surface area contributed by atoms with Crippen LogP contribution in [0.4, 0.5) is 0 Å². The molecule has 28 heavy (non-hydrogen) atoms. The zero-order valence-electron chi connectivity index (χ0n) is 15.5. The lowest BCUT2D eigenvalue weighted by atomic mass is 10.2. The van der Waals surface area contributed by atoms with E-state index in [1.807, 2.05) is 61.4 Å². The Hall–Kier alpha value is -2.90. The number of halogens is 1. The van der Waals surface area contributed by atoms with E-state index in [4.69, 9.17) is 16.6 Å². The number of hydrazone groups is 1. The van der Waals surface area contributed by atoms with Crippen LogP contribution in [0.25, 0.3) is 10.6 Å². The predicted molar refractivity (Wildman–Crippen MR) is 114 cm³/mol. The van der Waals surface area contributed by atoms with Gasteiger partial charge in [0.1, 0.15) is 11.3 Å². The first-order valence-corrected chi connectivity index (χ1v) is 9.96. The van der Waals surface area contributed by atoms with Gasteiger partial charge in [-0.05, 0) is 24.3 Å². The Morgan fingerprint density at radius 2 is 2.00 bits per heavy atom. The molecule has 4 aromatic rings. The van der Waals surface area contributed by atoms with E-state index in [-0.39, 0.29) is 0 Å². The molecule has 0 spiro atoms. The zero-order chi connectivity index (χ0) is 19.5. The molecule has 3 heterocycles. The number of benzene rings is 1. The van der Waals surface area contributed by atoms with Gasteiger partial charge >= 0.3 is 0 Å². The molecule has 8 heteroatoms. The maximum Gasteiger partial charge on any atom is 0.181 e. The second-order valence-electron chi connectivity index (χ2n) is 6.41. The summed E-state index contributed by atoms with van der Waals surface area (Å²) >= 11 is 7.61. The highest BCUT2D eigenvalue weighted by Crippen LogP contribution is 2.25. The van der Waals surface area contributed by atoms with E-state index < -0.39 is 0 Å². The lowest BCUT2D eigenvalue weighted by molar-refractivity contribution is 0.435. The minimum absolute atomic E-state index is 0.660. The molecule has 4 rings (SSSR count). The molecule has 0 bridgehead atoms. The van der Waals surface area contributed by atoms with Crippen molar-refractivity contribution in [3.63, 3.8) is 0 Å². The molecule has 0 aliphatic heterocycles.